The quantitative estimate of drug-likeness (QED) is 0.0105. The van der Waals surface area contributed by atoms with Gasteiger partial charge in [-0.05, 0) is 155 Å². The number of methoxy groups -OCH3 is 6. The predicted molar refractivity (Wildman–Crippen MR) is 496 cm³/mol. The number of esters is 3. The van der Waals surface area contributed by atoms with Crippen molar-refractivity contribution in [3.8, 4) is 50.6 Å². The van der Waals surface area contributed by atoms with Gasteiger partial charge in [0.15, 0.2) is 17.2 Å². The Bertz CT molecular complexity index is 5750. The molecule has 1 aliphatic rings. The van der Waals surface area contributed by atoms with Crippen LogP contribution in [0.4, 0.5) is 43.4 Å². The Morgan fingerprint density at radius 3 is 0.821 bits per heavy atom. The maximum Gasteiger partial charge on any atom is 1.00 e. The Morgan fingerprint density at radius 2 is 0.619 bits per heavy atom. The summed E-state index contributed by atoms with van der Waals surface area (Å²) >= 11 is 0. The van der Waals surface area contributed by atoms with Crippen LogP contribution >= 0.6 is 0 Å². The zero-order valence-electron chi connectivity index (χ0n) is 76.6. The molecule has 0 bridgehead atoms. The van der Waals surface area contributed by atoms with E-state index in [0.29, 0.717) is 99.6 Å². The third-order valence-electron chi connectivity index (χ3n) is 22.2. The Kier molecular flexibility index (Phi) is 39.6. The SMILES string of the molecule is C.C1CCOC1.CC[C@H](C)Nc1cc(F)c(C(=O)N[C@@H](Cc2ccc(-c3c(OC)cnn(C)c3=O)c3ccccc23)C(=O)OC)c(F)c1.CC[C@H](C)Nc1cc(F)c(C(=O)N[C@@H](Cc2ccc(-c3c(OC)cnn(C)c3=O)c3ccccc23)C(=O)OC)c(F)c1.CC[C@H](C)Nc1cc(F)c(C(=O)N[C@@H](Cc2ccc(-c3c(OC)cnn(C)c3=O)c3ccccc23)C(=O)OC)c(F)c1.[Li+].[OH-]. The molecule has 1 saturated heterocycles. The summed E-state index contributed by atoms with van der Waals surface area (Å²) in [6, 6.07) is 34.4. The Balaban J connectivity index is 0.000000264. The summed E-state index contributed by atoms with van der Waals surface area (Å²) in [5.74, 6) is -11.2. The van der Waals surface area contributed by atoms with Gasteiger partial charge in [-0.1, -0.05) is 137 Å². The number of rotatable bonds is 30. The molecule has 0 spiro atoms. The molecule has 4 heterocycles. The number of nitrogens with one attached hydrogen (secondary N) is 6. The molecule has 0 aliphatic carbocycles. The molecule has 12 aromatic rings. The summed E-state index contributed by atoms with van der Waals surface area (Å²) in [5, 5.41) is 32.4. The summed E-state index contributed by atoms with van der Waals surface area (Å²) in [7, 11) is 12.4. The first kappa shape index (κ1) is 107. The zero-order valence-corrected chi connectivity index (χ0v) is 76.6. The molecule has 1 aliphatic heterocycles. The molecule has 6 atom stereocenters. The van der Waals surface area contributed by atoms with Crippen molar-refractivity contribution in [3.63, 3.8) is 0 Å². The van der Waals surface area contributed by atoms with Gasteiger partial charge >= 0.3 is 36.8 Å². The van der Waals surface area contributed by atoms with Gasteiger partial charge in [0.1, 0.15) is 69.7 Å². The molecule has 1 fully saturated rings. The molecular weight excluding hydrogens is 1740 g/mol. The number of carbonyl (C=O) groups is 6. The monoisotopic (exact) mass is 1850 g/mol. The van der Waals surface area contributed by atoms with E-state index in [4.69, 9.17) is 33.2 Å². The van der Waals surface area contributed by atoms with Crippen molar-refractivity contribution in [2.24, 2.45) is 21.1 Å². The second-order valence-corrected chi connectivity index (χ2v) is 30.9. The van der Waals surface area contributed by atoms with Crippen molar-refractivity contribution in [1.29, 1.82) is 0 Å². The minimum atomic E-state index is -1.27. The van der Waals surface area contributed by atoms with E-state index in [2.05, 4.69) is 47.2 Å². The van der Waals surface area contributed by atoms with Crippen LogP contribution in [0.2, 0.25) is 0 Å². The normalized spacial score (nSPS) is 12.6. The van der Waals surface area contributed by atoms with E-state index >= 15 is 0 Å². The van der Waals surface area contributed by atoms with Gasteiger partial charge in [0.05, 0.1) is 77.9 Å². The Labute approximate surface area is 782 Å². The number of anilines is 3. The largest absolute Gasteiger partial charge is 1.00 e. The molecule has 0 unspecified atom stereocenters. The van der Waals surface area contributed by atoms with Gasteiger partial charge in [-0.2, -0.15) is 15.3 Å². The van der Waals surface area contributed by atoms with Gasteiger partial charge in [-0.15, -0.1) is 0 Å². The van der Waals surface area contributed by atoms with Crippen LogP contribution in [0.3, 0.4) is 0 Å². The van der Waals surface area contributed by atoms with Crippen LogP contribution < -0.4 is 81.6 Å². The van der Waals surface area contributed by atoms with Crippen LogP contribution in [0, 0.1) is 34.9 Å². The number of carbonyl (C=O) groups excluding carboxylic acids is 6. The van der Waals surface area contributed by atoms with Crippen molar-refractivity contribution in [1.82, 2.24) is 45.3 Å². The number of hydrogen-bond acceptors (Lipinski definition) is 23. The van der Waals surface area contributed by atoms with Gasteiger partial charge in [0.2, 0.25) is 0 Å². The van der Waals surface area contributed by atoms with Crippen LogP contribution in [0.5, 0.6) is 17.2 Å². The van der Waals surface area contributed by atoms with E-state index in [1.54, 1.807) is 72.8 Å². The zero-order chi connectivity index (χ0) is 95.2. The molecule has 13 rings (SSSR count). The summed E-state index contributed by atoms with van der Waals surface area (Å²) in [4.78, 5) is 117. The number of nitrogens with zero attached hydrogens (tertiary/aromatic N) is 6. The fourth-order valence-corrected chi connectivity index (χ4v) is 14.7. The average Bonchev–Trinajstić information content (AvgIpc) is 0.779. The minimum absolute atomic E-state index is 0. The third-order valence-corrected chi connectivity index (χ3v) is 22.2. The van der Waals surface area contributed by atoms with Crippen molar-refractivity contribution in [2.75, 3.05) is 71.8 Å². The molecule has 0 saturated carbocycles. The molecular formula is C98H109F6LiN12O17. The summed E-state index contributed by atoms with van der Waals surface area (Å²) in [6.45, 7) is 13.4. The molecule has 7 N–H and O–H groups in total. The fourth-order valence-electron chi connectivity index (χ4n) is 14.7. The van der Waals surface area contributed by atoms with Crippen molar-refractivity contribution in [2.45, 2.75) is 137 Å². The standard InChI is InChI=1S/3C31H32F2N4O5.C4H8O.CH4.Li.H2O/c3*1-6-17(2)35-19-14-23(32)28(24(33)15-19)29(38)36-25(31(40)42-5)13-18-11-12-22(21-10-8-7-9-20(18)21)27-26(41-4)16-34-37(3)30(27)39;1-2-4-5-3-1;;;/h3*7-12,14-17,25,35H,6,13H2,1-5H3,(H,36,38);1-4H2;1H4;;1H2/q;;;;;+1;/p-1/t3*17-,25-;;;;/m000..../s1. The smallest absolute Gasteiger partial charge is 0.870 e. The molecule has 9 aromatic carbocycles. The molecule has 29 nitrogen and oxygen atoms in total. The van der Waals surface area contributed by atoms with Crippen molar-refractivity contribution >= 4 is 85.0 Å². The number of fused-ring (bicyclic) bond motifs is 3. The van der Waals surface area contributed by atoms with Crippen LogP contribution in [0.25, 0.3) is 65.7 Å². The van der Waals surface area contributed by atoms with Gasteiger partial charge in [0, 0.05) is 88.8 Å². The van der Waals surface area contributed by atoms with Gasteiger partial charge in [-0.3, -0.25) is 28.8 Å². The number of amides is 3. The second kappa shape index (κ2) is 49.6. The number of aryl methyl sites for hydroxylation is 3. The van der Waals surface area contributed by atoms with Gasteiger partial charge in [-0.25, -0.2) is 54.8 Å². The minimum Gasteiger partial charge on any atom is -0.870 e. The summed E-state index contributed by atoms with van der Waals surface area (Å²) in [5.41, 5.74) is 1.69. The predicted octanol–water partition coefficient (Wildman–Crippen LogP) is 12.1. The van der Waals surface area contributed by atoms with E-state index in [1.807, 2.05) is 77.9 Å². The van der Waals surface area contributed by atoms with Crippen LogP contribution in [-0.2, 0) is 73.7 Å². The van der Waals surface area contributed by atoms with Crippen LogP contribution in [-0.4, -0.2) is 163 Å². The van der Waals surface area contributed by atoms with E-state index in [9.17, 15) is 69.5 Å². The van der Waals surface area contributed by atoms with E-state index < -0.39 is 105 Å². The van der Waals surface area contributed by atoms with Crippen LogP contribution in [0.1, 0.15) is 129 Å². The molecule has 36 heteroatoms. The first-order valence-electron chi connectivity index (χ1n) is 42.1. The molecule has 3 amide bonds. The number of halogens is 6. The van der Waals surface area contributed by atoms with Crippen molar-refractivity contribution in [3.05, 3.63) is 264 Å². The van der Waals surface area contributed by atoms with E-state index in [0.717, 1.165) is 90.2 Å². The first-order chi connectivity index (χ1) is 62.8. The van der Waals surface area contributed by atoms with Crippen molar-refractivity contribution < 1.29 is 113 Å². The average molecular weight is 1850 g/mol. The second-order valence-electron chi connectivity index (χ2n) is 30.9. The van der Waals surface area contributed by atoms with Gasteiger partial charge in [0.25, 0.3) is 34.4 Å². The molecule has 134 heavy (non-hydrogen) atoms. The van der Waals surface area contributed by atoms with Crippen LogP contribution in [0.15, 0.2) is 179 Å². The number of ether oxygens (including phenoxy) is 7. The Morgan fingerprint density at radius 1 is 0.388 bits per heavy atom. The maximum absolute atomic E-state index is 14.9. The Hall–Kier alpha value is -13.9. The number of hydrogen-bond donors (Lipinski definition) is 6. The molecule has 0 radical (unpaired) electrons. The molecule has 706 valence electrons. The number of aromatic nitrogens is 6. The molecule has 3 aromatic heterocycles. The van der Waals surface area contributed by atoms with Gasteiger partial charge < -0.3 is 70.5 Å². The van der Waals surface area contributed by atoms with E-state index in [1.165, 1.54) is 87.9 Å². The topological polar surface area (TPSA) is 374 Å². The third kappa shape index (κ3) is 25.5. The van der Waals surface area contributed by atoms with E-state index in [-0.39, 0.29) is 103 Å². The fraction of sp³-hybridized carbons (Fsp3) is 0.327. The number of benzene rings is 9. The first-order valence-corrected chi connectivity index (χ1v) is 42.1. The maximum atomic E-state index is 14.9. The summed E-state index contributed by atoms with van der Waals surface area (Å²) in [6.07, 6.45) is 8.94. The summed E-state index contributed by atoms with van der Waals surface area (Å²) < 4.78 is 129.